The normalized spacial score (nSPS) is 15.0. The maximum Gasteiger partial charge on any atom is 0.335 e. The molecule has 1 saturated heterocycles. The Morgan fingerprint density at radius 2 is 1.73 bits per heavy atom. The first-order chi connectivity index (χ1) is 15.9. The monoisotopic (exact) mass is 462 g/mol. The van der Waals surface area contributed by atoms with Crippen molar-refractivity contribution < 1.29 is 24.2 Å². The summed E-state index contributed by atoms with van der Waals surface area (Å²) in [5.74, 6) is -0.967. The molecule has 0 atom stereocenters. The van der Waals surface area contributed by atoms with E-state index in [1.165, 1.54) is 30.3 Å². The van der Waals surface area contributed by atoms with Crippen LogP contribution in [0.4, 0.5) is 10.5 Å². The third-order valence-corrected chi connectivity index (χ3v) is 5.57. The van der Waals surface area contributed by atoms with Crippen LogP contribution in [0.25, 0.3) is 6.08 Å². The first kappa shape index (κ1) is 22.1. The highest BCUT2D eigenvalue weighted by molar-refractivity contribution is 6.39. The Balaban J connectivity index is 1.76. The Hall–Kier alpha value is -4.10. The van der Waals surface area contributed by atoms with Crippen molar-refractivity contribution in [2.24, 2.45) is 0 Å². The number of imide groups is 2. The van der Waals surface area contributed by atoms with Crippen molar-refractivity contribution in [3.63, 3.8) is 0 Å². The largest absolute Gasteiger partial charge is 0.508 e. The Bertz CT molecular complexity index is 1280. The van der Waals surface area contributed by atoms with Crippen molar-refractivity contribution in [2.45, 2.75) is 6.42 Å². The van der Waals surface area contributed by atoms with Gasteiger partial charge in [-0.25, -0.2) is 9.69 Å². The zero-order valence-corrected chi connectivity index (χ0v) is 18.3. The zero-order valence-electron chi connectivity index (χ0n) is 17.5. The van der Waals surface area contributed by atoms with Crippen molar-refractivity contribution in [1.82, 2.24) is 5.32 Å². The molecule has 0 bridgehead atoms. The number of anilines is 1. The van der Waals surface area contributed by atoms with Crippen LogP contribution in [0.5, 0.6) is 11.5 Å². The molecule has 0 saturated carbocycles. The minimum Gasteiger partial charge on any atom is -0.508 e. The molecule has 0 aromatic heterocycles. The van der Waals surface area contributed by atoms with Gasteiger partial charge in [-0.3, -0.25) is 14.9 Å². The molecule has 4 amide bonds. The SMILES string of the molecule is COc1ccc(/C=C2\C(=O)NC(=O)N(c3ccc(O)cc3)C2=O)c(Cc2ccccc2Cl)c1. The van der Waals surface area contributed by atoms with Gasteiger partial charge < -0.3 is 9.84 Å². The minimum atomic E-state index is -0.862. The molecule has 3 aromatic carbocycles. The van der Waals surface area contributed by atoms with Gasteiger partial charge in [-0.05, 0) is 71.7 Å². The van der Waals surface area contributed by atoms with Gasteiger partial charge in [0.2, 0.25) is 0 Å². The molecule has 33 heavy (non-hydrogen) atoms. The van der Waals surface area contributed by atoms with Gasteiger partial charge in [-0.1, -0.05) is 35.9 Å². The molecule has 1 fully saturated rings. The summed E-state index contributed by atoms with van der Waals surface area (Å²) in [6.45, 7) is 0. The molecule has 0 aliphatic carbocycles. The highest BCUT2D eigenvalue weighted by atomic mass is 35.5. The number of carbonyl (C=O) groups is 3. The topological polar surface area (TPSA) is 95.9 Å². The lowest BCUT2D eigenvalue weighted by Crippen LogP contribution is -2.54. The Labute approximate surface area is 194 Å². The third-order valence-electron chi connectivity index (χ3n) is 5.20. The lowest BCUT2D eigenvalue weighted by Gasteiger charge is -2.26. The van der Waals surface area contributed by atoms with E-state index in [9.17, 15) is 19.5 Å². The highest BCUT2D eigenvalue weighted by Gasteiger charge is 2.36. The van der Waals surface area contributed by atoms with E-state index >= 15 is 0 Å². The van der Waals surface area contributed by atoms with E-state index in [4.69, 9.17) is 16.3 Å². The number of aromatic hydroxyl groups is 1. The molecule has 1 heterocycles. The number of ether oxygens (including phenoxy) is 1. The van der Waals surface area contributed by atoms with Crippen molar-refractivity contribution in [2.75, 3.05) is 12.0 Å². The van der Waals surface area contributed by atoms with Crippen LogP contribution in [0.2, 0.25) is 5.02 Å². The molecular weight excluding hydrogens is 444 g/mol. The molecule has 8 heteroatoms. The van der Waals surface area contributed by atoms with E-state index in [1.807, 2.05) is 24.3 Å². The number of hydrogen-bond acceptors (Lipinski definition) is 5. The predicted octanol–water partition coefficient (Wildman–Crippen LogP) is 4.31. The maximum absolute atomic E-state index is 13.2. The number of benzene rings is 3. The molecule has 1 aliphatic rings. The molecule has 166 valence electrons. The van der Waals surface area contributed by atoms with Gasteiger partial charge in [0, 0.05) is 5.02 Å². The summed E-state index contributed by atoms with van der Waals surface area (Å²) >= 11 is 6.33. The van der Waals surface area contributed by atoms with E-state index < -0.39 is 17.8 Å². The van der Waals surface area contributed by atoms with Gasteiger partial charge in [0.05, 0.1) is 12.8 Å². The Morgan fingerprint density at radius 1 is 1.00 bits per heavy atom. The number of hydrogen-bond donors (Lipinski definition) is 2. The summed E-state index contributed by atoms with van der Waals surface area (Å²) in [7, 11) is 1.55. The maximum atomic E-state index is 13.2. The van der Waals surface area contributed by atoms with Crippen LogP contribution < -0.4 is 15.0 Å². The molecule has 0 radical (unpaired) electrons. The van der Waals surface area contributed by atoms with E-state index in [0.29, 0.717) is 22.8 Å². The van der Waals surface area contributed by atoms with Crippen LogP contribution in [0.3, 0.4) is 0 Å². The van der Waals surface area contributed by atoms with Gasteiger partial charge in [0.25, 0.3) is 11.8 Å². The second kappa shape index (κ2) is 9.18. The number of urea groups is 1. The van der Waals surface area contributed by atoms with Crippen LogP contribution >= 0.6 is 11.6 Å². The van der Waals surface area contributed by atoms with Crippen LogP contribution in [-0.4, -0.2) is 30.1 Å². The van der Waals surface area contributed by atoms with Gasteiger partial charge in [0.1, 0.15) is 17.1 Å². The summed E-state index contributed by atoms with van der Waals surface area (Å²) in [5, 5.41) is 12.3. The smallest absolute Gasteiger partial charge is 0.335 e. The number of carbonyl (C=O) groups excluding carboxylic acids is 3. The molecule has 3 aromatic rings. The van der Waals surface area contributed by atoms with E-state index in [2.05, 4.69) is 5.32 Å². The molecule has 2 N–H and O–H groups in total. The molecule has 1 aliphatic heterocycles. The Kier molecular flexibility index (Phi) is 6.15. The van der Waals surface area contributed by atoms with Crippen LogP contribution in [0, 0.1) is 0 Å². The number of barbiturate groups is 1. The number of methoxy groups -OCH3 is 1. The number of nitrogens with one attached hydrogen (secondary N) is 1. The number of phenols is 1. The number of rotatable bonds is 5. The standard InChI is InChI=1S/C25H19ClN2O5/c1-33-20-11-6-15(17(13-20)12-16-4-2-3-5-22(16)26)14-21-23(30)27-25(32)28(24(21)31)18-7-9-19(29)10-8-18/h2-11,13-14,29H,12H2,1H3,(H,27,30,32)/b21-14+. The minimum absolute atomic E-state index is 0.0158. The second-order valence-electron chi connectivity index (χ2n) is 7.31. The summed E-state index contributed by atoms with van der Waals surface area (Å²) in [5.41, 5.74) is 2.28. The highest BCUT2D eigenvalue weighted by Crippen LogP contribution is 2.28. The van der Waals surface area contributed by atoms with Crippen molar-refractivity contribution >= 4 is 41.2 Å². The van der Waals surface area contributed by atoms with Crippen molar-refractivity contribution in [3.05, 3.63) is 94.0 Å². The van der Waals surface area contributed by atoms with Crippen LogP contribution in [0.1, 0.15) is 16.7 Å². The van der Waals surface area contributed by atoms with Crippen LogP contribution in [0.15, 0.2) is 72.3 Å². The van der Waals surface area contributed by atoms with E-state index in [-0.39, 0.29) is 17.0 Å². The summed E-state index contributed by atoms with van der Waals surface area (Å²) in [4.78, 5) is 38.9. The Morgan fingerprint density at radius 3 is 2.42 bits per heavy atom. The molecular formula is C25H19ClN2O5. The van der Waals surface area contributed by atoms with Gasteiger partial charge in [-0.2, -0.15) is 0 Å². The van der Waals surface area contributed by atoms with Crippen molar-refractivity contribution in [3.8, 4) is 11.5 Å². The van der Waals surface area contributed by atoms with Gasteiger partial charge in [0.15, 0.2) is 0 Å². The quantitative estimate of drug-likeness (QED) is 0.435. The van der Waals surface area contributed by atoms with Crippen LogP contribution in [-0.2, 0) is 16.0 Å². The average molecular weight is 463 g/mol. The fraction of sp³-hybridized carbons (Fsp3) is 0.0800. The fourth-order valence-electron chi connectivity index (χ4n) is 3.50. The average Bonchev–Trinajstić information content (AvgIpc) is 2.80. The summed E-state index contributed by atoms with van der Waals surface area (Å²) < 4.78 is 5.34. The lowest BCUT2D eigenvalue weighted by atomic mass is 9.97. The van der Waals surface area contributed by atoms with E-state index in [1.54, 1.807) is 25.3 Å². The van der Waals surface area contributed by atoms with Gasteiger partial charge >= 0.3 is 6.03 Å². The molecule has 4 rings (SSSR count). The molecule has 7 nitrogen and oxygen atoms in total. The first-order valence-electron chi connectivity index (χ1n) is 9.98. The zero-order chi connectivity index (χ0) is 23.5. The lowest BCUT2D eigenvalue weighted by molar-refractivity contribution is -0.122. The number of amides is 4. The second-order valence-corrected chi connectivity index (χ2v) is 7.71. The summed E-state index contributed by atoms with van der Waals surface area (Å²) in [6.07, 6.45) is 1.88. The first-order valence-corrected chi connectivity index (χ1v) is 10.4. The fourth-order valence-corrected chi connectivity index (χ4v) is 3.70. The number of nitrogens with zero attached hydrogens (tertiary/aromatic N) is 1. The summed E-state index contributed by atoms with van der Waals surface area (Å²) in [6, 6.07) is 17.3. The number of halogens is 1. The van der Waals surface area contributed by atoms with Crippen molar-refractivity contribution in [1.29, 1.82) is 0 Å². The molecule has 0 unspecified atom stereocenters. The third kappa shape index (κ3) is 4.58. The molecule has 0 spiro atoms. The number of phenolic OH excluding ortho intramolecular Hbond substituents is 1. The predicted molar refractivity (Wildman–Crippen MR) is 124 cm³/mol. The van der Waals surface area contributed by atoms with Gasteiger partial charge in [-0.15, -0.1) is 0 Å². The van der Waals surface area contributed by atoms with E-state index in [0.717, 1.165) is 16.0 Å².